The lowest BCUT2D eigenvalue weighted by atomic mass is 10.1. The average molecular weight is 647 g/mol. The van der Waals surface area contributed by atoms with E-state index in [1.165, 1.54) is 17.6 Å². The van der Waals surface area contributed by atoms with Crippen LogP contribution in [-0.4, -0.2) is 30.6 Å². The van der Waals surface area contributed by atoms with E-state index in [1.54, 1.807) is 79.7 Å². The van der Waals surface area contributed by atoms with Crippen molar-refractivity contribution in [2.45, 2.75) is 13.8 Å². The van der Waals surface area contributed by atoms with E-state index in [1.807, 2.05) is 19.1 Å². The largest absolute Gasteiger partial charge is 0.490 e. The molecule has 1 heterocycles. The van der Waals surface area contributed by atoms with Crippen molar-refractivity contribution >= 4 is 74.3 Å². The Kier molecular flexibility index (Phi) is 9.59. The molecule has 44 heavy (non-hydrogen) atoms. The number of benzene rings is 4. The normalized spacial score (nSPS) is 11.0. The van der Waals surface area contributed by atoms with Gasteiger partial charge in [0.05, 0.1) is 17.8 Å². The third-order valence-electron chi connectivity index (χ3n) is 6.35. The van der Waals surface area contributed by atoms with Gasteiger partial charge in [-0.2, -0.15) is 5.10 Å². The van der Waals surface area contributed by atoms with Crippen LogP contribution < -0.4 is 20.2 Å². The highest BCUT2D eigenvalue weighted by Crippen LogP contribution is 2.38. The number of fused-ring (bicyclic) bond motifs is 1. The molecule has 5 aromatic rings. The first-order chi connectivity index (χ1) is 21.2. The van der Waals surface area contributed by atoms with E-state index in [0.29, 0.717) is 50.2 Å². The van der Waals surface area contributed by atoms with Gasteiger partial charge in [-0.05, 0) is 86.1 Å². The van der Waals surface area contributed by atoms with Crippen LogP contribution >= 0.6 is 34.5 Å². The van der Waals surface area contributed by atoms with Gasteiger partial charge in [-0.25, -0.2) is 10.2 Å². The van der Waals surface area contributed by atoms with Crippen LogP contribution in [0, 0.1) is 6.92 Å². The molecule has 0 atom stereocenters. The van der Waals surface area contributed by atoms with Crippen LogP contribution in [0.4, 0.5) is 5.69 Å². The monoisotopic (exact) mass is 645 g/mol. The van der Waals surface area contributed by atoms with Crippen LogP contribution in [0.25, 0.3) is 10.1 Å². The van der Waals surface area contributed by atoms with E-state index in [4.69, 9.17) is 32.7 Å². The third-order valence-corrected chi connectivity index (χ3v) is 8.22. The molecule has 11 heteroatoms. The second kappa shape index (κ2) is 13.7. The number of halogens is 2. The number of hydrazone groups is 1. The van der Waals surface area contributed by atoms with Crippen molar-refractivity contribution in [3.8, 4) is 11.5 Å². The van der Waals surface area contributed by atoms with Crippen molar-refractivity contribution < 1.29 is 23.9 Å². The number of ether oxygens (including phenoxy) is 2. The molecule has 2 amide bonds. The molecule has 2 N–H and O–H groups in total. The molecule has 0 aliphatic rings. The van der Waals surface area contributed by atoms with E-state index in [-0.39, 0.29) is 16.5 Å². The molecule has 0 spiro atoms. The number of thiophene rings is 1. The molecule has 0 aliphatic heterocycles. The zero-order chi connectivity index (χ0) is 31.2. The average Bonchev–Trinajstić information content (AvgIpc) is 3.34. The highest BCUT2D eigenvalue weighted by Gasteiger charge is 2.21. The number of aryl methyl sites for hydroxylation is 1. The zero-order valence-electron chi connectivity index (χ0n) is 23.5. The highest BCUT2D eigenvalue weighted by molar-refractivity contribution is 7.21. The Morgan fingerprint density at radius 1 is 0.864 bits per heavy atom. The summed E-state index contributed by atoms with van der Waals surface area (Å²) in [5.41, 5.74) is 5.58. The van der Waals surface area contributed by atoms with Gasteiger partial charge in [0.25, 0.3) is 11.8 Å². The number of amides is 2. The first kappa shape index (κ1) is 30.7. The fourth-order valence-electron chi connectivity index (χ4n) is 4.12. The van der Waals surface area contributed by atoms with Gasteiger partial charge < -0.3 is 14.8 Å². The summed E-state index contributed by atoms with van der Waals surface area (Å²) in [7, 11) is 0. The number of hydrogen-bond acceptors (Lipinski definition) is 7. The van der Waals surface area contributed by atoms with Crippen molar-refractivity contribution in [3.05, 3.63) is 122 Å². The minimum Gasteiger partial charge on any atom is -0.490 e. The van der Waals surface area contributed by atoms with Crippen LogP contribution in [0.1, 0.15) is 48.4 Å². The van der Waals surface area contributed by atoms with Gasteiger partial charge in [-0.15, -0.1) is 11.3 Å². The first-order valence-electron chi connectivity index (χ1n) is 13.4. The molecular weight excluding hydrogens is 621 g/mol. The molecule has 1 aromatic heterocycles. The summed E-state index contributed by atoms with van der Waals surface area (Å²) in [6.45, 7) is 4.08. The third kappa shape index (κ3) is 7.26. The fourth-order valence-corrected chi connectivity index (χ4v) is 5.78. The predicted molar refractivity (Wildman–Crippen MR) is 175 cm³/mol. The van der Waals surface area contributed by atoms with Crippen LogP contribution in [0.2, 0.25) is 10.0 Å². The van der Waals surface area contributed by atoms with Crippen molar-refractivity contribution in [3.63, 3.8) is 0 Å². The van der Waals surface area contributed by atoms with Crippen LogP contribution in [0.5, 0.6) is 11.5 Å². The second-order valence-corrected chi connectivity index (χ2v) is 11.4. The van der Waals surface area contributed by atoms with E-state index in [2.05, 4.69) is 15.8 Å². The van der Waals surface area contributed by atoms with Crippen LogP contribution in [0.3, 0.4) is 0 Å². The summed E-state index contributed by atoms with van der Waals surface area (Å²) in [6.07, 6.45) is 1.44. The van der Waals surface area contributed by atoms with E-state index >= 15 is 0 Å². The summed E-state index contributed by atoms with van der Waals surface area (Å²) in [5.74, 6) is -0.774. The van der Waals surface area contributed by atoms with Crippen molar-refractivity contribution in [1.29, 1.82) is 0 Å². The molecule has 0 fully saturated rings. The SMILES string of the molecule is CCOc1cc(/C=N\NC(=O)c2ccc(NC(=O)c3ccc(C)cc3)cc2)ccc1OC(=O)c1sc2cc(Cl)ccc2c1Cl. The van der Waals surface area contributed by atoms with E-state index in [0.717, 1.165) is 10.3 Å². The standard InChI is InChI=1S/C33H25Cl2N3O5S/c1-3-42-27-16-20(6-15-26(27)43-33(41)30-29(35)25-14-11-23(34)17-28(25)44-30)18-36-38-32(40)22-9-12-24(13-10-22)37-31(39)21-7-4-19(2)5-8-21/h4-18H,3H2,1-2H3,(H,37,39)(H,38,40)/b36-18-. The Bertz CT molecular complexity index is 1890. The molecule has 222 valence electrons. The molecule has 0 saturated carbocycles. The van der Waals surface area contributed by atoms with Gasteiger partial charge in [0.15, 0.2) is 11.5 Å². The predicted octanol–water partition coefficient (Wildman–Crippen LogP) is 8.15. The minimum atomic E-state index is -0.623. The molecule has 0 aliphatic carbocycles. The van der Waals surface area contributed by atoms with Crippen molar-refractivity contribution in [2.75, 3.05) is 11.9 Å². The summed E-state index contributed by atoms with van der Waals surface area (Å²) in [4.78, 5) is 38.3. The number of esters is 1. The second-order valence-electron chi connectivity index (χ2n) is 9.51. The first-order valence-corrected chi connectivity index (χ1v) is 15.0. The Morgan fingerprint density at radius 3 is 2.30 bits per heavy atom. The number of rotatable bonds is 9. The molecule has 0 unspecified atom stereocenters. The Balaban J connectivity index is 1.21. The number of nitrogens with zero attached hydrogens (tertiary/aromatic N) is 1. The molecule has 5 rings (SSSR count). The number of carbonyl (C=O) groups excluding carboxylic acids is 3. The Labute approximate surface area is 267 Å². The molecule has 8 nitrogen and oxygen atoms in total. The van der Waals surface area contributed by atoms with Gasteiger partial charge in [0.2, 0.25) is 0 Å². The minimum absolute atomic E-state index is 0.208. The van der Waals surface area contributed by atoms with Crippen LogP contribution in [0.15, 0.2) is 90.0 Å². The number of hydrogen-bond donors (Lipinski definition) is 2. The maximum Gasteiger partial charge on any atom is 0.355 e. The smallest absolute Gasteiger partial charge is 0.355 e. The van der Waals surface area contributed by atoms with Crippen LogP contribution in [-0.2, 0) is 0 Å². The van der Waals surface area contributed by atoms with Crippen molar-refractivity contribution in [1.82, 2.24) is 5.43 Å². The molecule has 0 radical (unpaired) electrons. The van der Waals surface area contributed by atoms with Gasteiger partial charge in [0, 0.05) is 31.9 Å². The highest BCUT2D eigenvalue weighted by atomic mass is 35.5. The molecule has 4 aromatic carbocycles. The van der Waals surface area contributed by atoms with Gasteiger partial charge in [-0.1, -0.05) is 47.0 Å². The lowest BCUT2D eigenvalue weighted by Crippen LogP contribution is -2.18. The van der Waals surface area contributed by atoms with E-state index in [9.17, 15) is 14.4 Å². The lowest BCUT2D eigenvalue weighted by Gasteiger charge is -2.11. The van der Waals surface area contributed by atoms with Gasteiger partial charge in [0.1, 0.15) is 4.88 Å². The molecule has 0 bridgehead atoms. The zero-order valence-corrected chi connectivity index (χ0v) is 25.8. The Morgan fingerprint density at radius 2 is 1.57 bits per heavy atom. The molecular formula is C33H25Cl2N3O5S. The summed E-state index contributed by atoms with van der Waals surface area (Å²) >= 11 is 13.7. The number of anilines is 1. The maximum absolute atomic E-state index is 13.0. The summed E-state index contributed by atoms with van der Waals surface area (Å²) in [5, 5.41) is 8.39. The maximum atomic E-state index is 13.0. The quantitative estimate of drug-likeness (QED) is 0.0728. The van der Waals surface area contributed by atoms with Crippen molar-refractivity contribution in [2.24, 2.45) is 5.10 Å². The fraction of sp³-hybridized carbons (Fsp3) is 0.0909. The number of carbonyl (C=O) groups is 3. The lowest BCUT2D eigenvalue weighted by molar-refractivity contribution is 0.0733. The summed E-state index contributed by atoms with van der Waals surface area (Å²) in [6, 6.07) is 23.8. The van der Waals surface area contributed by atoms with Gasteiger partial charge in [-0.3, -0.25) is 9.59 Å². The number of nitrogens with one attached hydrogen (secondary N) is 2. The molecule has 0 saturated heterocycles. The van der Waals surface area contributed by atoms with E-state index < -0.39 is 11.9 Å². The van der Waals surface area contributed by atoms with Gasteiger partial charge >= 0.3 is 5.97 Å². The summed E-state index contributed by atoms with van der Waals surface area (Å²) < 4.78 is 12.1. The Hall–Kier alpha value is -4.70. The topological polar surface area (TPSA) is 106 Å².